The minimum absolute atomic E-state index is 0.0261. The molecule has 2 rings (SSSR count). The molecule has 4 nitrogen and oxygen atoms in total. The third-order valence-corrected chi connectivity index (χ3v) is 5.22. The molecule has 1 heterocycles. The molecule has 0 spiro atoms. The zero-order valence-electron chi connectivity index (χ0n) is 10.8. The first-order chi connectivity index (χ1) is 8.39. The summed E-state index contributed by atoms with van der Waals surface area (Å²) < 4.78 is 23.1. The number of hydrogen-bond acceptors (Lipinski definition) is 4. The monoisotopic (exact) mass is 268 g/mol. The molecule has 1 unspecified atom stereocenters. The largest absolute Gasteiger partial charge is 0.367 e. The van der Waals surface area contributed by atoms with Crippen molar-refractivity contribution in [2.45, 2.75) is 25.9 Å². The lowest BCUT2D eigenvalue weighted by molar-refractivity contribution is 0.568. The van der Waals surface area contributed by atoms with Crippen LogP contribution < -0.4 is 10.6 Å². The topological polar surface area (TPSA) is 63.4 Å². The van der Waals surface area contributed by atoms with Crippen molar-refractivity contribution in [1.29, 1.82) is 0 Å². The van der Waals surface area contributed by atoms with E-state index in [9.17, 15) is 8.42 Å². The third-order valence-electron chi connectivity index (χ3n) is 3.42. The Labute approximate surface area is 109 Å². The van der Waals surface area contributed by atoms with Gasteiger partial charge in [0.25, 0.3) is 0 Å². The van der Waals surface area contributed by atoms with Gasteiger partial charge in [0, 0.05) is 24.3 Å². The molecule has 0 bridgehead atoms. The summed E-state index contributed by atoms with van der Waals surface area (Å²) in [5.74, 6) is 0.481. The fourth-order valence-electron chi connectivity index (χ4n) is 2.35. The summed E-state index contributed by atoms with van der Waals surface area (Å²) in [6, 6.07) is 8.12. The fraction of sp³-hybridized carbons (Fsp3) is 0.538. The van der Waals surface area contributed by atoms with Crippen molar-refractivity contribution in [2.75, 3.05) is 23.0 Å². The van der Waals surface area contributed by atoms with Crippen LogP contribution in [0.3, 0.4) is 0 Å². The Bertz CT molecular complexity index is 508. The third kappa shape index (κ3) is 2.84. The van der Waals surface area contributed by atoms with E-state index in [1.807, 2.05) is 38.1 Å². The Morgan fingerprint density at radius 2 is 1.94 bits per heavy atom. The maximum absolute atomic E-state index is 11.5. The SMILES string of the molecule is CC1CS(=O)(=O)CCN1c1ccc([C@@H](C)N)cc1. The summed E-state index contributed by atoms with van der Waals surface area (Å²) >= 11 is 0. The number of hydrogen-bond donors (Lipinski definition) is 1. The lowest BCUT2D eigenvalue weighted by atomic mass is 10.1. The number of nitrogens with zero attached hydrogens (tertiary/aromatic N) is 1. The normalized spacial score (nSPS) is 24.8. The Morgan fingerprint density at radius 1 is 1.33 bits per heavy atom. The fourth-order valence-corrected chi connectivity index (χ4v) is 3.91. The Morgan fingerprint density at radius 3 is 2.44 bits per heavy atom. The highest BCUT2D eigenvalue weighted by atomic mass is 32.2. The predicted octanol–water partition coefficient (Wildman–Crippen LogP) is 1.33. The molecule has 1 aliphatic rings. The smallest absolute Gasteiger partial charge is 0.154 e. The van der Waals surface area contributed by atoms with Crippen LogP contribution in [-0.2, 0) is 9.84 Å². The Kier molecular flexibility index (Phi) is 3.64. The van der Waals surface area contributed by atoms with Gasteiger partial charge in [-0.2, -0.15) is 0 Å². The van der Waals surface area contributed by atoms with Gasteiger partial charge in [0.05, 0.1) is 11.5 Å². The van der Waals surface area contributed by atoms with Crippen LogP contribution in [0.5, 0.6) is 0 Å². The molecule has 2 atom stereocenters. The molecule has 1 aromatic rings. The van der Waals surface area contributed by atoms with Gasteiger partial charge in [0.1, 0.15) is 0 Å². The molecule has 2 N–H and O–H groups in total. The molecule has 1 aliphatic heterocycles. The van der Waals surface area contributed by atoms with Gasteiger partial charge in [0.15, 0.2) is 9.84 Å². The van der Waals surface area contributed by atoms with E-state index in [0.29, 0.717) is 6.54 Å². The highest BCUT2D eigenvalue weighted by Gasteiger charge is 2.28. The van der Waals surface area contributed by atoms with Gasteiger partial charge >= 0.3 is 0 Å². The lowest BCUT2D eigenvalue weighted by Gasteiger charge is -2.35. The lowest BCUT2D eigenvalue weighted by Crippen LogP contribution is -2.47. The van der Waals surface area contributed by atoms with Crippen LogP contribution in [0.2, 0.25) is 0 Å². The van der Waals surface area contributed by atoms with Crippen molar-refractivity contribution in [1.82, 2.24) is 0 Å². The van der Waals surface area contributed by atoms with Crippen LogP contribution in [0.1, 0.15) is 25.5 Å². The molecule has 0 radical (unpaired) electrons. The molecule has 1 saturated heterocycles. The van der Waals surface area contributed by atoms with E-state index in [1.54, 1.807) is 0 Å². The highest BCUT2D eigenvalue weighted by molar-refractivity contribution is 7.91. The molecule has 0 aliphatic carbocycles. The van der Waals surface area contributed by atoms with E-state index in [4.69, 9.17) is 5.73 Å². The van der Waals surface area contributed by atoms with Gasteiger partial charge in [-0.25, -0.2) is 8.42 Å². The van der Waals surface area contributed by atoms with Crippen molar-refractivity contribution in [3.8, 4) is 0 Å². The summed E-state index contributed by atoms with van der Waals surface area (Å²) in [4.78, 5) is 2.14. The maximum atomic E-state index is 11.5. The van der Waals surface area contributed by atoms with Crippen molar-refractivity contribution in [2.24, 2.45) is 5.73 Å². The maximum Gasteiger partial charge on any atom is 0.154 e. The van der Waals surface area contributed by atoms with E-state index in [2.05, 4.69) is 4.90 Å². The first-order valence-electron chi connectivity index (χ1n) is 6.22. The zero-order chi connectivity index (χ0) is 13.3. The summed E-state index contributed by atoms with van der Waals surface area (Å²) in [5.41, 5.74) is 7.98. The van der Waals surface area contributed by atoms with E-state index < -0.39 is 9.84 Å². The summed E-state index contributed by atoms with van der Waals surface area (Å²) in [7, 11) is -2.86. The molecule has 0 saturated carbocycles. The molecule has 0 aromatic heterocycles. The predicted molar refractivity (Wildman–Crippen MR) is 74.5 cm³/mol. The van der Waals surface area contributed by atoms with Gasteiger partial charge in [-0.05, 0) is 31.5 Å². The summed E-state index contributed by atoms with van der Waals surface area (Å²) in [6.07, 6.45) is 0. The minimum Gasteiger partial charge on any atom is -0.367 e. The van der Waals surface area contributed by atoms with E-state index in [1.165, 1.54) is 0 Å². The van der Waals surface area contributed by atoms with Crippen molar-refractivity contribution >= 4 is 15.5 Å². The number of benzene rings is 1. The van der Waals surface area contributed by atoms with Crippen molar-refractivity contribution < 1.29 is 8.42 Å². The molecule has 1 aromatic carbocycles. The molecular formula is C13H20N2O2S. The number of nitrogens with two attached hydrogens (primary N) is 1. The Hall–Kier alpha value is -1.07. The first kappa shape index (κ1) is 13.4. The van der Waals surface area contributed by atoms with E-state index in [0.717, 1.165) is 11.3 Å². The average molecular weight is 268 g/mol. The second-order valence-electron chi connectivity index (χ2n) is 5.04. The minimum atomic E-state index is -2.86. The van der Waals surface area contributed by atoms with Crippen LogP contribution in [-0.4, -0.2) is 32.5 Å². The highest BCUT2D eigenvalue weighted by Crippen LogP contribution is 2.23. The number of rotatable bonds is 2. The van der Waals surface area contributed by atoms with Gasteiger partial charge < -0.3 is 10.6 Å². The quantitative estimate of drug-likeness (QED) is 0.879. The average Bonchev–Trinajstić information content (AvgIpc) is 2.28. The Balaban J connectivity index is 2.17. The summed E-state index contributed by atoms with van der Waals surface area (Å²) in [6.45, 7) is 4.47. The standard InChI is InChI=1S/C13H20N2O2S/c1-10-9-18(16,17)8-7-15(10)13-5-3-12(4-6-13)11(2)14/h3-6,10-11H,7-9,14H2,1-2H3/t10?,11-/m1/s1. The van der Waals surface area contributed by atoms with Gasteiger partial charge in [0.2, 0.25) is 0 Å². The van der Waals surface area contributed by atoms with Crippen LogP contribution >= 0.6 is 0 Å². The zero-order valence-corrected chi connectivity index (χ0v) is 11.7. The van der Waals surface area contributed by atoms with Gasteiger partial charge in [-0.1, -0.05) is 12.1 Å². The number of anilines is 1. The van der Waals surface area contributed by atoms with Gasteiger partial charge in [-0.3, -0.25) is 0 Å². The van der Waals surface area contributed by atoms with Crippen LogP contribution in [0, 0.1) is 0 Å². The van der Waals surface area contributed by atoms with Crippen molar-refractivity contribution in [3.05, 3.63) is 29.8 Å². The van der Waals surface area contributed by atoms with Gasteiger partial charge in [-0.15, -0.1) is 0 Å². The first-order valence-corrected chi connectivity index (χ1v) is 8.04. The second kappa shape index (κ2) is 4.90. The van der Waals surface area contributed by atoms with E-state index >= 15 is 0 Å². The molecule has 0 amide bonds. The molecule has 1 fully saturated rings. The number of sulfone groups is 1. The summed E-state index contributed by atoms with van der Waals surface area (Å²) in [5, 5.41) is 0. The van der Waals surface area contributed by atoms with Crippen molar-refractivity contribution in [3.63, 3.8) is 0 Å². The molecule has 5 heteroatoms. The molecular weight excluding hydrogens is 248 g/mol. The molecule has 100 valence electrons. The van der Waals surface area contributed by atoms with Crippen LogP contribution in [0.15, 0.2) is 24.3 Å². The van der Waals surface area contributed by atoms with Crippen LogP contribution in [0.4, 0.5) is 5.69 Å². The second-order valence-corrected chi connectivity index (χ2v) is 7.27. The van der Waals surface area contributed by atoms with E-state index in [-0.39, 0.29) is 23.6 Å². The molecule has 18 heavy (non-hydrogen) atoms. The van der Waals surface area contributed by atoms with Crippen LogP contribution in [0.25, 0.3) is 0 Å².